The van der Waals surface area contributed by atoms with Crippen LogP contribution in [0.4, 0.5) is 4.39 Å². The number of hydrogen-bond donors (Lipinski definition) is 1. The molecule has 1 heterocycles. The minimum Gasteiger partial charge on any atom is -0.314 e. The van der Waals surface area contributed by atoms with Crippen LogP contribution < -0.4 is 5.32 Å². The Morgan fingerprint density at radius 3 is 2.56 bits per heavy atom. The van der Waals surface area contributed by atoms with Gasteiger partial charge in [-0.2, -0.15) is 0 Å². The Balaban J connectivity index is 0.00000162. The second-order valence-electron chi connectivity index (χ2n) is 4.72. The van der Waals surface area contributed by atoms with Gasteiger partial charge in [-0.15, -0.1) is 12.4 Å². The zero-order chi connectivity index (χ0) is 12.3. The molecule has 1 N–H and O–H groups in total. The fourth-order valence-corrected chi connectivity index (χ4v) is 2.51. The highest BCUT2D eigenvalue weighted by Gasteiger charge is 2.20. The van der Waals surface area contributed by atoms with Gasteiger partial charge in [0, 0.05) is 32.2 Å². The average molecular weight is 273 g/mol. The van der Waals surface area contributed by atoms with Crippen molar-refractivity contribution < 1.29 is 4.39 Å². The number of nitrogens with zero attached hydrogens (tertiary/aromatic N) is 1. The van der Waals surface area contributed by atoms with Crippen molar-refractivity contribution in [3.8, 4) is 0 Å². The van der Waals surface area contributed by atoms with Gasteiger partial charge in [-0.3, -0.25) is 4.90 Å². The van der Waals surface area contributed by atoms with Crippen molar-refractivity contribution in [2.45, 2.75) is 26.3 Å². The summed E-state index contributed by atoms with van der Waals surface area (Å²) in [6.45, 7) is 8.15. The number of rotatable bonds is 3. The van der Waals surface area contributed by atoms with Crippen LogP contribution in [0.3, 0.4) is 0 Å². The maximum atomic E-state index is 13.6. The third-order valence-electron chi connectivity index (χ3n) is 3.56. The van der Waals surface area contributed by atoms with Gasteiger partial charge >= 0.3 is 0 Å². The number of halogens is 2. The fourth-order valence-electron chi connectivity index (χ4n) is 2.51. The first-order chi connectivity index (χ1) is 8.22. The van der Waals surface area contributed by atoms with Crippen molar-refractivity contribution in [2.24, 2.45) is 0 Å². The van der Waals surface area contributed by atoms with Crippen LogP contribution in [0.2, 0.25) is 0 Å². The first-order valence-corrected chi connectivity index (χ1v) is 6.43. The number of hydrogen-bond acceptors (Lipinski definition) is 2. The standard InChI is InChI=1S/C14H21FN2.ClH/c1-3-14(17-8-6-16-7-9-17)12-5-4-11(2)13(15)10-12;/h4-5,10,14,16H,3,6-9H2,1-2H3;1H/t14-;/m1./s1. The molecule has 2 rings (SSSR count). The lowest BCUT2D eigenvalue weighted by Gasteiger charge is -2.34. The van der Waals surface area contributed by atoms with Crippen LogP contribution in [0.1, 0.15) is 30.5 Å². The fraction of sp³-hybridized carbons (Fsp3) is 0.571. The molecule has 1 atom stereocenters. The molecule has 1 saturated heterocycles. The molecule has 1 aliphatic rings. The molecule has 2 nitrogen and oxygen atoms in total. The topological polar surface area (TPSA) is 15.3 Å². The Morgan fingerprint density at radius 1 is 1.33 bits per heavy atom. The summed E-state index contributed by atoms with van der Waals surface area (Å²) in [5.74, 6) is -0.0870. The Kier molecular flexibility index (Phi) is 6.06. The summed E-state index contributed by atoms with van der Waals surface area (Å²) < 4.78 is 13.6. The molecule has 0 radical (unpaired) electrons. The zero-order valence-corrected chi connectivity index (χ0v) is 11.9. The zero-order valence-electron chi connectivity index (χ0n) is 11.1. The van der Waals surface area contributed by atoms with Gasteiger partial charge in [-0.25, -0.2) is 4.39 Å². The summed E-state index contributed by atoms with van der Waals surface area (Å²) in [5.41, 5.74) is 1.83. The highest BCUT2D eigenvalue weighted by atomic mass is 35.5. The van der Waals surface area contributed by atoms with E-state index >= 15 is 0 Å². The first-order valence-electron chi connectivity index (χ1n) is 6.43. The van der Waals surface area contributed by atoms with Crippen LogP contribution in [0, 0.1) is 12.7 Å². The van der Waals surface area contributed by atoms with E-state index in [1.807, 2.05) is 13.0 Å². The van der Waals surface area contributed by atoms with Crippen LogP contribution in [0.15, 0.2) is 18.2 Å². The maximum Gasteiger partial charge on any atom is 0.126 e. The van der Waals surface area contributed by atoms with E-state index in [0.29, 0.717) is 6.04 Å². The molecule has 0 amide bonds. The van der Waals surface area contributed by atoms with Crippen molar-refractivity contribution in [2.75, 3.05) is 26.2 Å². The van der Waals surface area contributed by atoms with E-state index in [-0.39, 0.29) is 18.2 Å². The van der Waals surface area contributed by atoms with Crippen LogP contribution in [0.5, 0.6) is 0 Å². The molecule has 0 aliphatic carbocycles. The third-order valence-corrected chi connectivity index (χ3v) is 3.56. The first kappa shape index (κ1) is 15.4. The van der Waals surface area contributed by atoms with Crippen molar-refractivity contribution >= 4 is 12.4 Å². The molecule has 4 heteroatoms. The van der Waals surface area contributed by atoms with E-state index in [2.05, 4.69) is 23.2 Å². The van der Waals surface area contributed by atoms with Gasteiger partial charge in [0.05, 0.1) is 0 Å². The summed E-state index contributed by atoms with van der Waals surface area (Å²) in [5, 5.41) is 3.35. The summed E-state index contributed by atoms with van der Waals surface area (Å²) in [6, 6.07) is 6.00. The molecule has 1 fully saturated rings. The van der Waals surface area contributed by atoms with Crippen molar-refractivity contribution in [1.82, 2.24) is 10.2 Å². The molecule has 0 saturated carbocycles. The lowest BCUT2D eigenvalue weighted by atomic mass is 10.0. The van der Waals surface area contributed by atoms with Crippen LogP contribution in [-0.2, 0) is 0 Å². The van der Waals surface area contributed by atoms with Gasteiger partial charge in [0.1, 0.15) is 5.82 Å². The van der Waals surface area contributed by atoms with Gasteiger partial charge < -0.3 is 5.32 Å². The Morgan fingerprint density at radius 2 is 2.00 bits per heavy atom. The predicted octanol–water partition coefficient (Wildman–Crippen LogP) is 2.91. The van der Waals surface area contributed by atoms with Crippen molar-refractivity contribution in [1.29, 1.82) is 0 Å². The summed E-state index contributed by atoms with van der Waals surface area (Å²) in [7, 11) is 0. The average Bonchev–Trinajstić information content (AvgIpc) is 2.36. The molecule has 0 aromatic heterocycles. The molecule has 0 unspecified atom stereocenters. The number of nitrogens with one attached hydrogen (secondary N) is 1. The van der Waals surface area contributed by atoms with E-state index < -0.39 is 0 Å². The Labute approximate surface area is 115 Å². The van der Waals surface area contributed by atoms with E-state index in [1.165, 1.54) is 0 Å². The van der Waals surface area contributed by atoms with Gasteiger partial charge in [-0.1, -0.05) is 19.1 Å². The maximum absolute atomic E-state index is 13.6. The molecule has 1 aromatic carbocycles. The summed E-state index contributed by atoms with van der Waals surface area (Å²) in [4.78, 5) is 2.45. The third kappa shape index (κ3) is 3.44. The lowest BCUT2D eigenvalue weighted by molar-refractivity contribution is 0.169. The van der Waals surface area contributed by atoms with E-state index in [4.69, 9.17) is 0 Å². The minimum atomic E-state index is -0.0870. The molecule has 102 valence electrons. The second-order valence-corrected chi connectivity index (χ2v) is 4.72. The van der Waals surface area contributed by atoms with E-state index in [0.717, 1.165) is 43.7 Å². The molecular weight excluding hydrogens is 251 g/mol. The predicted molar refractivity (Wildman–Crippen MR) is 75.9 cm³/mol. The molecule has 0 bridgehead atoms. The monoisotopic (exact) mass is 272 g/mol. The molecule has 0 spiro atoms. The smallest absolute Gasteiger partial charge is 0.126 e. The SMILES string of the molecule is CC[C@H](c1ccc(C)c(F)c1)N1CCNCC1.Cl. The van der Waals surface area contributed by atoms with Crippen molar-refractivity contribution in [3.63, 3.8) is 0 Å². The van der Waals surface area contributed by atoms with Crippen LogP contribution >= 0.6 is 12.4 Å². The van der Waals surface area contributed by atoms with E-state index in [9.17, 15) is 4.39 Å². The molecule has 18 heavy (non-hydrogen) atoms. The highest BCUT2D eigenvalue weighted by Crippen LogP contribution is 2.25. The van der Waals surface area contributed by atoms with Gasteiger partial charge in [0.2, 0.25) is 0 Å². The lowest BCUT2D eigenvalue weighted by Crippen LogP contribution is -2.45. The molecule has 1 aromatic rings. The minimum absolute atomic E-state index is 0. The summed E-state index contributed by atoms with van der Waals surface area (Å²) in [6.07, 6.45) is 1.03. The largest absolute Gasteiger partial charge is 0.314 e. The highest BCUT2D eigenvalue weighted by molar-refractivity contribution is 5.85. The molecular formula is C14H22ClFN2. The normalized spacial score (nSPS) is 18.2. The molecule has 1 aliphatic heterocycles. The van der Waals surface area contributed by atoms with E-state index in [1.54, 1.807) is 6.07 Å². The van der Waals surface area contributed by atoms with Gasteiger partial charge in [0.25, 0.3) is 0 Å². The Bertz CT molecular complexity index is 378. The Hall–Kier alpha value is -0.640. The quantitative estimate of drug-likeness (QED) is 0.910. The number of benzene rings is 1. The van der Waals surface area contributed by atoms with Gasteiger partial charge in [-0.05, 0) is 30.5 Å². The summed E-state index contributed by atoms with van der Waals surface area (Å²) >= 11 is 0. The van der Waals surface area contributed by atoms with Gasteiger partial charge in [0.15, 0.2) is 0 Å². The number of piperazine rings is 1. The second kappa shape index (κ2) is 7.07. The van der Waals surface area contributed by atoms with Crippen LogP contribution in [0.25, 0.3) is 0 Å². The number of aryl methyl sites for hydroxylation is 1. The van der Waals surface area contributed by atoms with Crippen molar-refractivity contribution in [3.05, 3.63) is 35.1 Å². The van der Waals surface area contributed by atoms with Crippen LogP contribution in [-0.4, -0.2) is 31.1 Å².